The Labute approximate surface area is 181 Å². The minimum atomic E-state index is -1.58. The van der Waals surface area contributed by atoms with Crippen LogP contribution in [0.15, 0.2) is 12.1 Å². The lowest BCUT2D eigenvalue weighted by Crippen LogP contribution is -2.34. The third-order valence-corrected chi connectivity index (χ3v) is 5.62. The van der Waals surface area contributed by atoms with E-state index < -0.39 is 23.4 Å². The van der Waals surface area contributed by atoms with Crippen LogP contribution in [0.5, 0.6) is 0 Å². The summed E-state index contributed by atoms with van der Waals surface area (Å²) in [5.74, 6) is -4.77. The predicted octanol–water partition coefficient (Wildman–Crippen LogP) is 8.05. The van der Waals surface area contributed by atoms with Crippen molar-refractivity contribution in [3.05, 3.63) is 35.1 Å². The van der Waals surface area contributed by atoms with E-state index in [1.54, 1.807) is 4.90 Å². The van der Waals surface area contributed by atoms with Crippen molar-refractivity contribution in [1.29, 1.82) is 0 Å². The monoisotopic (exact) mass is 427 g/mol. The standard InChI is InChI=1S/C25H40F3NO/c1-3-5-7-9-11-13-15-19-29(20-16-14-12-10-8-6-4-2)25(30)21-17-18-22(26)24(28)23(21)27/h17-18H,3-16,19-20H2,1-2H3. The summed E-state index contributed by atoms with van der Waals surface area (Å²) in [6.07, 6.45) is 15.7. The number of amides is 1. The van der Waals surface area contributed by atoms with Crippen LogP contribution in [0.1, 0.15) is 114 Å². The molecule has 30 heavy (non-hydrogen) atoms. The molecule has 0 heterocycles. The Hall–Kier alpha value is -1.52. The van der Waals surface area contributed by atoms with Crippen molar-refractivity contribution in [2.75, 3.05) is 13.1 Å². The molecule has 2 nitrogen and oxygen atoms in total. The topological polar surface area (TPSA) is 20.3 Å². The van der Waals surface area contributed by atoms with Crippen LogP contribution in [0.4, 0.5) is 13.2 Å². The molecule has 172 valence electrons. The molecule has 0 unspecified atom stereocenters. The van der Waals surface area contributed by atoms with E-state index in [1.165, 1.54) is 51.4 Å². The molecule has 0 fully saturated rings. The van der Waals surface area contributed by atoms with Gasteiger partial charge in [0.2, 0.25) is 0 Å². The van der Waals surface area contributed by atoms with Gasteiger partial charge in [-0.05, 0) is 25.0 Å². The number of benzene rings is 1. The van der Waals surface area contributed by atoms with E-state index in [9.17, 15) is 18.0 Å². The van der Waals surface area contributed by atoms with Crippen LogP contribution < -0.4 is 0 Å². The Kier molecular flexibility index (Phi) is 14.3. The zero-order chi connectivity index (χ0) is 22.2. The molecule has 1 rings (SSSR count). The van der Waals surface area contributed by atoms with Crippen molar-refractivity contribution >= 4 is 5.91 Å². The van der Waals surface area contributed by atoms with Gasteiger partial charge < -0.3 is 4.90 Å². The lowest BCUT2D eigenvalue weighted by molar-refractivity contribution is 0.0743. The minimum absolute atomic E-state index is 0.375. The van der Waals surface area contributed by atoms with Crippen LogP contribution in [0.2, 0.25) is 0 Å². The lowest BCUT2D eigenvalue weighted by Gasteiger charge is -2.23. The highest BCUT2D eigenvalue weighted by Crippen LogP contribution is 2.18. The van der Waals surface area contributed by atoms with Crippen molar-refractivity contribution in [2.24, 2.45) is 0 Å². The fourth-order valence-corrected chi connectivity index (χ4v) is 3.70. The molecule has 0 aliphatic carbocycles. The number of hydrogen-bond donors (Lipinski definition) is 0. The molecule has 0 aliphatic heterocycles. The first-order chi connectivity index (χ1) is 14.5. The highest BCUT2D eigenvalue weighted by molar-refractivity contribution is 5.94. The second kappa shape index (κ2) is 16.2. The second-order valence-corrected chi connectivity index (χ2v) is 8.26. The number of hydrogen-bond acceptors (Lipinski definition) is 1. The van der Waals surface area contributed by atoms with Crippen LogP contribution in [0, 0.1) is 17.5 Å². The molecule has 0 atom stereocenters. The van der Waals surface area contributed by atoms with E-state index in [1.807, 2.05) is 0 Å². The molecule has 0 saturated carbocycles. The molecular weight excluding hydrogens is 387 g/mol. The summed E-state index contributed by atoms with van der Waals surface area (Å²) in [5.41, 5.74) is -0.375. The Morgan fingerprint density at radius 3 is 1.57 bits per heavy atom. The Morgan fingerprint density at radius 2 is 1.10 bits per heavy atom. The average Bonchev–Trinajstić information content (AvgIpc) is 2.74. The maximum Gasteiger partial charge on any atom is 0.256 e. The third-order valence-electron chi connectivity index (χ3n) is 5.62. The van der Waals surface area contributed by atoms with Crippen LogP contribution in [-0.2, 0) is 0 Å². The maximum atomic E-state index is 14.1. The van der Waals surface area contributed by atoms with E-state index in [4.69, 9.17) is 0 Å². The molecule has 1 aromatic carbocycles. The number of nitrogens with zero attached hydrogens (tertiary/aromatic N) is 1. The van der Waals surface area contributed by atoms with Crippen molar-refractivity contribution in [2.45, 2.75) is 104 Å². The molecule has 0 spiro atoms. The summed E-state index contributed by atoms with van der Waals surface area (Å²) in [6, 6.07) is 1.88. The van der Waals surface area contributed by atoms with Gasteiger partial charge in [-0.15, -0.1) is 0 Å². The van der Waals surface area contributed by atoms with Gasteiger partial charge in [-0.2, -0.15) is 0 Å². The van der Waals surface area contributed by atoms with Crippen LogP contribution in [-0.4, -0.2) is 23.9 Å². The highest BCUT2D eigenvalue weighted by Gasteiger charge is 2.23. The number of unbranched alkanes of at least 4 members (excludes halogenated alkanes) is 12. The van der Waals surface area contributed by atoms with Gasteiger partial charge in [0.25, 0.3) is 5.91 Å². The highest BCUT2D eigenvalue weighted by atomic mass is 19.2. The summed E-state index contributed by atoms with van der Waals surface area (Å²) in [7, 11) is 0. The van der Waals surface area contributed by atoms with E-state index in [-0.39, 0.29) is 5.56 Å². The molecule has 5 heteroatoms. The fourth-order valence-electron chi connectivity index (χ4n) is 3.70. The van der Waals surface area contributed by atoms with Gasteiger partial charge in [0.1, 0.15) is 0 Å². The van der Waals surface area contributed by atoms with Gasteiger partial charge in [-0.1, -0.05) is 90.9 Å². The molecule has 0 radical (unpaired) electrons. The van der Waals surface area contributed by atoms with Crippen LogP contribution in [0.25, 0.3) is 0 Å². The van der Waals surface area contributed by atoms with Crippen molar-refractivity contribution in [3.8, 4) is 0 Å². The van der Waals surface area contributed by atoms with Crippen molar-refractivity contribution < 1.29 is 18.0 Å². The maximum absolute atomic E-state index is 14.1. The zero-order valence-corrected chi connectivity index (χ0v) is 19.0. The summed E-state index contributed by atoms with van der Waals surface area (Å²) in [6.45, 7) is 5.43. The van der Waals surface area contributed by atoms with E-state index in [0.29, 0.717) is 13.1 Å². The Balaban J connectivity index is 2.58. The normalized spacial score (nSPS) is 11.1. The predicted molar refractivity (Wildman–Crippen MR) is 118 cm³/mol. The SMILES string of the molecule is CCCCCCCCCN(CCCCCCCCC)C(=O)c1ccc(F)c(F)c1F. The van der Waals surface area contributed by atoms with Gasteiger partial charge in [0.15, 0.2) is 17.5 Å². The van der Waals surface area contributed by atoms with E-state index >= 15 is 0 Å². The first-order valence-electron chi connectivity index (χ1n) is 12.0. The number of halogens is 3. The summed E-state index contributed by atoms with van der Waals surface area (Å²) in [5, 5.41) is 0. The van der Waals surface area contributed by atoms with E-state index in [0.717, 1.165) is 50.7 Å². The lowest BCUT2D eigenvalue weighted by atomic mass is 10.1. The third kappa shape index (κ3) is 9.99. The second-order valence-electron chi connectivity index (χ2n) is 8.26. The molecule has 0 bridgehead atoms. The average molecular weight is 428 g/mol. The first kappa shape index (κ1) is 26.5. The van der Waals surface area contributed by atoms with Crippen molar-refractivity contribution in [3.63, 3.8) is 0 Å². The Morgan fingerprint density at radius 1 is 0.667 bits per heavy atom. The van der Waals surface area contributed by atoms with Crippen molar-refractivity contribution in [1.82, 2.24) is 4.90 Å². The molecule has 0 N–H and O–H groups in total. The van der Waals surface area contributed by atoms with Crippen LogP contribution in [0.3, 0.4) is 0 Å². The van der Waals surface area contributed by atoms with Crippen LogP contribution >= 0.6 is 0 Å². The molecule has 1 aromatic rings. The van der Waals surface area contributed by atoms with Gasteiger partial charge in [0.05, 0.1) is 5.56 Å². The largest absolute Gasteiger partial charge is 0.339 e. The van der Waals surface area contributed by atoms with Gasteiger partial charge in [-0.25, -0.2) is 13.2 Å². The number of carbonyl (C=O) groups excluding carboxylic acids is 1. The molecule has 1 amide bonds. The summed E-state index contributed by atoms with van der Waals surface area (Å²) in [4.78, 5) is 14.5. The quantitative estimate of drug-likeness (QED) is 0.182. The Bertz CT molecular complexity index is 588. The number of rotatable bonds is 17. The summed E-state index contributed by atoms with van der Waals surface area (Å²) >= 11 is 0. The fraction of sp³-hybridized carbons (Fsp3) is 0.720. The molecular formula is C25H40F3NO. The van der Waals surface area contributed by atoms with E-state index in [2.05, 4.69) is 13.8 Å². The zero-order valence-electron chi connectivity index (χ0n) is 19.0. The molecule has 0 saturated heterocycles. The van der Waals surface area contributed by atoms with Gasteiger partial charge >= 0.3 is 0 Å². The van der Waals surface area contributed by atoms with Gasteiger partial charge in [-0.3, -0.25) is 4.79 Å². The first-order valence-corrected chi connectivity index (χ1v) is 12.0. The molecule has 0 aromatic heterocycles. The molecule has 0 aliphatic rings. The minimum Gasteiger partial charge on any atom is -0.339 e. The summed E-state index contributed by atoms with van der Waals surface area (Å²) < 4.78 is 41.0. The number of carbonyl (C=O) groups is 1. The van der Waals surface area contributed by atoms with Gasteiger partial charge in [0, 0.05) is 13.1 Å². The smallest absolute Gasteiger partial charge is 0.256 e.